The molecule has 0 aliphatic rings. The van der Waals surface area contributed by atoms with E-state index in [1.54, 1.807) is 0 Å². The minimum Gasteiger partial charge on any atom is -0.481 e. The Hall–Kier alpha value is -2.63. The fourth-order valence-electron chi connectivity index (χ4n) is 1.34. The molecule has 0 unspecified atom stereocenters. The number of carbonyl (C=O) groups is 1. The third-order valence-electron chi connectivity index (χ3n) is 2.04. The standard InChI is InChI=1S/C9H5F2N3O4/c10-9(11)8-4(1-7(15)16)5(2-12)6(3-13-8)14(17)18/h3,9H,1H2,(H,15,16). The molecule has 1 aromatic rings. The summed E-state index contributed by atoms with van der Waals surface area (Å²) in [6, 6.07) is 1.37. The number of nitriles is 1. The van der Waals surface area contributed by atoms with Crippen molar-refractivity contribution in [3.63, 3.8) is 0 Å². The van der Waals surface area contributed by atoms with Gasteiger partial charge in [-0.1, -0.05) is 0 Å². The maximum atomic E-state index is 12.6. The molecule has 0 aliphatic carbocycles. The first-order valence-electron chi connectivity index (χ1n) is 4.44. The van der Waals surface area contributed by atoms with Crippen LogP contribution in [-0.2, 0) is 11.2 Å². The van der Waals surface area contributed by atoms with Gasteiger partial charge < -0.3 is 5.11 Å². The fraction of sp³-hybridized carbons (Fsp3) is 0.222. The summed E-state index contributed by atoms with van der Waals surface area (Å²) in [6.07, 6.45) is -3.53. The molecule has 0 aromatic carbocycles. The number of halogens is 2. The molecule has 0 saturated carbocycles. The van der Waals surface area contributed by atoms with Crippen LogP contribution in [-0.4, -0.2) is 21.0 Å². The summed E-state index contributed by atoms with van der Waals surface area (Å²) in [5, 5.41) is 27.9. The summed E-state index contributed by atoms with van der Waals surface area (Å²) >= 11 is 0. The largest absolute Gasteiger partial charge is 0.481 e. The van der Waals surface area contributed by atoms with Gasteiger partial charge >= 0.3 is 11.7 Å². The predicted octanol–water partition coefficient (Wildman–Crippen LogP) is 1.43. The highest BCUT2D eigenvalue weighted by molar-refractivity contribution is 5.73. The van der Waals surface area contributed by atoms with Crippen LogP contribution in [0.1, 0.15) is 23.2 Å². The Morgan fingerprint density at radius 1 is 1.67 bits per heavy atom. The lowest BCUT2D eigenvalue weighted by atomic mass is 10.0. The quantitative estimate of drug-likeness (QED) is 0.643. The van der Waals surface area contributed by atoms with Crippen molar-refractivity contribution in [2.75, 3.05) is 0 Å². The van der Waals surface area contributed by atoms with Gasteiger partial charge in [0.25, 0.3) is 6.43 Å². The highest BCUT2D eigenvalue weighted by Crippen LogP contribution is 2.29. The Kier molecular flexibility index (Phi) is 3.83. The van der Waals surface area contributed by atoms with Crippen LogP contribution in [0.15, 0.2) is 6.20 Å². The first-order valence-corrected chi connectivity index (χ1v) is 4.44. The molecule has 1 N–H and O–H groups in total. The van der Waals surface area contributed by atoms with Crippen molar-refractivity contribution in [3.8, 4) is 6.07 Å². The van der Waals surface area contributed by atoms with E-state index in [2.05, 4.69) is 4.98 Å². The lowest BCUT2D eigenvalue weighted by Crippen LogP contribution is -2.10. The number of hydrogen-bond donors (Lipinski definition) is 1. The second-order valence-electron chi connectivity index (χ2n) is 3.12. The van der Waals surface area contributed by atoms with Crippen molar-refractivity contribution in [2.24, 2.45) is 0 Å². The fourth-order valence-corrected chi connectivity index (χ4v) is 1.34. The van der Waals surface area contributed by atoms with E-state index in [0.29, 0.717) is 6.20 Å². The molecule has 0 radical (unpaired) electrons. The monoisotopic (exact) mass is 257 g/mol. The number of hydrogen-bond acceptors (Lipinski definition) is 5. The summed E-state index contributed by atoms with van der Waals surface area (Å²) in [5.41, 5.74) is -3.06. The van der Waals surface area contributed by atoms with Crippen molar-refractivity contribution in [1.82, 2.24) is 4.98 Å². The smallest absolute Gasteiger partial charge is 0.307 e. The van der Waals surface area contributed by atoms with Crippen molar-refractivity contribution in [3.05, 3.63) is 33.1 Å². The zero-order valence-corrected chi connectivity index (χ0v) is 8.63. The molecule has 1 aromatic heterocycles. The van der Waals surface area contributed by atoms with Gasteiger partial charge in [-0.2, -0.15) is 5.26 Å². The van der Waals surface area contributed by atoms with Gasteiger partial charge in [0.2, 0.25) is 0 Å². The lowest BCUT2D eigenvalue weighted by Gasteiger charge is -2.07. The zero-order chi connectivity index (χ0) is 13.9. The number of nitrogens with zero attached hydrogens (tertiary/aromatic N) is 3. The maximum absolute atomic E-state index is 12.6. The van der Waals surface area contributed by atoms with Crippen molar-refractivity contribution in [2.45, 2.75) is 12.8 Å². The summed E-state index contributed by atoms with van der Waals surface area (Å²) < 4.78 is 25.2. The van der Waals surface area contributed by atoms with E-state index in [1.807, 2.05) is 0 Å². The normalized spacial score (nSPS) is 10.1. The van der Waals surface area contributed by atoms with Gasteiger partial charge in [-0.15, -0.1) is 0 Å². The molecule has 1 rings (SSSR count). The van der Waals surface area contributed by atoms with E-state index in [0.717, 1.165) is 0 Å². The first-order chi connectivity index (χ1) is 8.38. The first kappa shape index (κ1) is 13.4. The number of aromatic nitrogens is 1. The Labute approximate surface area is 98.4 Å². The average molecular weight is 257 g/mol. The molecule has 1 heterocycles. The number of rotatable bonds is 4. The summed E-state index contributed by atoms with van der Waals surface area (Å²) in [6.45, 7) is 0. The van der Waals surface area contributed by atoms with Gasteiger partial charge in [-0.3, -0.25) is 14.9 Å². The Morgan fingerprint density at radius 3 is 2.67 bits per heavy atom. The molecule has 7 nitrogen and oxygen atoms in total. The second kappa shape index (κ2) is 5.13. The van der Waals surface area contributed by atoms with Crippen LogP contribution in [0.4, 0.5) is 14.5 Å². The topological polar surface area (TPSA) is 117 Å². The van der Waals surface area contributed by atoms with Gasteiger partial charge in [-0.05, 0) is 0 Å². The van der Waals surface area contributed by atoms with Crippen LogP contribution in [0.2, 0.25) is 0 Å². The molecule has 0 amide bonds. The minimum absolute atomic E-state index is 0.519. The van der Waals surface area contributed by atoms with Gasteiger partial charge in [-0.25, -0.2) is 13.8 Å². The third kappa shape index (κ3) is 2.54. The van der Waals surface area contributed by atoms with Crippen molar-refractivity contribution in [1.29, 1.82) is 5.26 Å². The molecule has 0 fully saturated rings. The molecule has 0 saturated heterocycles. The third-order valence-corrected chi connectivity index (χ3v) is 2.04. The molecular weight excluding hydrogens is 252 g/mol. The van der Waals surface area contributed by atoms with Crippen LogP contribution in [0.25, 0.3) is 0 Å². The van der Waals surface area contributed by atoms with Crippen LogP contribution in [0.3, 0.4) is 0 Å². The van der Waals surface area contributed by atoms with E-state index in [1.165, 1.54) is 6.07 Å². The van der Waals surface area contributed by atoms with Crippen LogP contribution < -0.4 is 0 Å². The SMILES string of the molecule is N#Cc1c([N+](=O)[O-])cnc(C(F)F)c1CC(=O)O. The average Bonchev–Trinajstić information content (AvgIpc) is 2.26. The molecule has 0 bridgehead atoms. The lowest BCUT2D eigenvalue weighted by molar-refractivity contribution is -0.385. The Bertz CT molecular complexity index is 553. The van der Waals surface area contributed by atoms with E-state index < -0.39 is 46.2 Å². The number of carboxylic acids is 1. The molecule has 18 heavy (non-hydrogen) atoms. The van der Waals surface area contributed by atoms with E-state index >= 15 is 0 Å². The molecule has 0 aliphatic heterocycles. The van der Waals surface area contributed by atoms with Crippen molar-refractivity contribution < 1.29 is 23.6 Å². The highest BCUT2D eigenvalue weighted by Gasteiger charge is 2.27. The summed E-state index contributed by atoms with van der Waals surface area (Å²) in [7, 11) is 0. The zero-order valence-electron chi connectivity index (χ0n) is 8.63. The van der Waals surface area contributed by atoms with E-state index in [9.17, 15) is 23.7 Å². The molecule has 94 valence electrons. The summed E-state index contributed by atoms with van der Waals surface area (Å²) in [5.74, 6) is -1.49. The van der Waals surface area contributed by atoms with Crippen molar-refractivity contribution >= 4 is 11.7 Å². The molecule has 0 spiro atoms. The van der Waals surface area contributed by atoms with Gasteiger partial charge in [0.1, 0.15) is 23.5 Å². The predicted molar refractivity (Wildman–Crippen MR) is 51.9 cm³/mol. The van der Waals surface area contributed by atoms with Gasteiger partial charge in [0.15, 0.2) is 0 Å². The maximum Gasteiger partial charge on any atom is 0.307 e. The Morgan fingerprint density at radius 2 is 2.28 bits per heavy atom. The van der Waals surface area contributed by atoms with E-state index in [4.69, 9.17) is 10.4 Å². The Balaban J connectivity index is 3.56. The minimum atomic E-state index is -3.12. The van der Waals surface area contributed by atoms with Gasteiger partial charge in [0.05, 0.1) is 11.3 Å². The molecular formula is C9H5F2N3O4. The van der Waals surface area contributed by atoms with E-state index in [-0.39, 0.29) is 0 Å². The van der Waals surface area contributed by atoms with Crippen LogP contribution in [0.5, 0.6) is 0 Å². The number of pyridine rings is 1. The molecule has 9 heteroatoms. The number of alkyl halides is 2. The molecule has 0 atom stereocenters. The highest BCUT2D eigenvalue weighted by atomic mass is 19.3. The number of nitro groups is 1. The van der Waals surface area contributed by atoms with Gasteiger partial charge in [0, 0.05) is 5.56 Å². The number of aliphatic carboxylic acids is 1. The summed E-state index contributed by atoms with van der Waals surface area (Å²) in [4.78, 5) is 23.3. The van der Waals surface area contributed by atoms with Crippen LogP contribution in [0, 0.1) is 21.4 Å². The number of carboxylic acid groups (broad SMARTS) is 1. The second-order valence-corrected chi connectivity index (χ2v) is 3.12. The van der Waals surface area contributed by atoms with Crippen LogP contribution >= 0.6 is 0 Å².